The zero-order valence-electron chi connectivity index (χ0n) is 16.3. The van der Waals surface area contributed by atoms with E-state index in [2.05, 4.69) is 40.1 Å². The molecule has 0 radical (unpaired) electrons. The van der Waals surface area contributed by atoms with Gasteiger partial charge in [0.05, 0.1) is 5.69 Å². The van der Waals surface area contributed by atoms with Gasteiger partial charge in [0.25, 0.3) is 0 Å². The van der Waals surface area contributed by atoms with E-state index in [0.29, 0.717) is 0 Å². The van der Waals surface area contributed by atoms with Crippen molar-refractivity contribution >= 4 is 28.8 Å². The molecule has 0 N–H and O–H groups in total. The quantitative estimate of drug-likeness (QED) is 0.497. The first-order chi connectivity index (χ1) is 14.2. The Morgan fingerprint density at radius 3 is 2.34 bits per heavy atom. The number of piperazine rings is 1. The van der Waals surface area contributed by atoms with Crippen LogP contribution in [-0.4, -0.2) is 40.8 Å². The molecule has 2 aromatic carbocycles. The average Bonchev–Trinajstić information content (AvgIpc) is 3.18. The number of rotatable bonds is 3. The zero-order chi connectivity index (χ0) is 19.8. The van der Waals surface area contributed by atoms with E-state index in [1.165, 1.54) is 5.69 Å². The van der Waals surface area contributed by atoms with Crippen LogP contribution in [0.15, 0.2) is 66.7 Å². The van der Waals surface area contributed by atoms with Gasteiger partial charge >= 0.3 is 0 Å². The number of aryl methyl sites for hydroxylation is 1. The van der Waals surface area contributed by atoms with Crippen molar-refractivity contribution in [1.82, 2.24) is 14.6 Å². The first-order valence-electron chi connectivity index (χ1n) is 9.86. The summed E-state index contributed by atoms with van der Waals surface area (Å²) in [5.74, 6) is 1.10. The topological polar surface area (TPSA) is 36.7 Å². The van der Waals surface area contributed by atoms with Crippen LogP contribution in [0.25, 0.3) is 16.9 Å². The van der Waals surface area contributed by atoms with E-state index >= 15 is 0 Å². The lowest BCUT2D eigenvalue weighted by molar-refractivity contribution is 0.638. The third-order valence-corrected chi connectivity index (χ3v) is 5.62. The molecule has 3 heterocycles. The lowest BCUT2D eigenvalue weighted by Crippen LogP contribution is -2.47. The number of fused-ring (bicyclic) bond motifs is 1. The average molecular weight is 404 g/mol. The molecule has 4 aromatic rings. The van der Waals surface area contributed by atoms with E-state index < -0.39 is 0 Å². The fourth-order valence-electron chi connectivity index (χ4n) is 3.92. The number of hydrogen-bond acceptors (Lipinski definition) is 4. The van der Waals surface area contributed by atoms with Gasteiger partial charge in [0.15, 0.2) is 5.65 Å². The first-order valence-corrected chi connectivity index (χ1v) is 10.2. The monoisotopic (exact) mass is 403 g/mol. The Balaban J connectivity index is 1.44. The molecule has 0 unspecified atom stereocenters. The van der Waals surface area contributed by atoms with Gasteiger partial charge < -0.3 is 9.80 Å². The predicted molar refractivity (Wildman–Crippen MR) is 119 cm³/mol. The Morgan fingerprint density at radius 1 is 0.828 bits per heavy atom. The van der Waals surface area contributed by atoms with Crippen LogP contribution in [0.1, 0.15) is 5.69 Å². The first kappa shape index (κ1) is 18.0. The summed E-state index contributed by atoms with van der Waals surface area (Å²) in [5.41, 5.74) is 5.12. The van der Waals surface area contributed by atoms with Crippen LogP contribution >= 0.6 is 11.6 Å². The van der Waals surface area contributed by atoms with E-state index in [1.54, 1.807) is 0 Å². The normalized spacial score (nSPS) is 14.6. The molecule has 1 aliphatic rings. The molecule has 2 aromatic heterocycles. The van der Waals surface area contributed by atoms with Crippen molar-refractivity contribution in [2.45, 2.75) is 6.92 Å². The maximum Gasteiger partial charge on any atom is 0.158 e. The molecule has 5 rings (SSSR count). The molecular formula is C23H22ClN5. The molecule has 0 atom stereocenters. The molecule has 1 saturated heterocycles. The molecular weight excluding hydrogens is 382 g/mol. The Morgan fingerprint density at radius 2 is 1.59 bits per heavy atom. The van der Waals surface area contributed by atoms with Crippen molar-refractivity contribution in [3.63, 3.8) is 0 Å². The van der Waals surface area contributed by atoms with Crippen LogP contribution < -0.4 is 9.80 Å². The van der Waals surface area contributed by atoms with Gasteiger partial charge in [-0.3, -0.25) is 0 Å². The summed E-state index contributed by atoms with van der Waals surface area (Å²) in [5, 5.41) is 5.65. The van der Waals surface area contributed by atoms with E-state index in [0.717, 1.165) is 59.6 Å². The number of aromatic nitrogens is 3. The minimum Gasteiger partial charge on any atom is -0.368 e. The Labute approximate surface area is 175 Å². The SMILES string of the molecule is Cc1cc(N2CCN(c3cccc(Cl)c3)CC2)n2nc(-c3ccccc3)cc2n1. The summed E-state index contributed by atoms with van der Waals surface area (Å²) < 4.78 is 1.98. The van der Waals surface area contributed by atoms with Crippen molar-refractivity contribution in [3.05, 3.63) is 77.4 Å². The highest BCUT2D eigenvalue weighted by atomic mass is 35.5. The van der Waals surface area contributed by atoms with Crippen LogP contribution in [0.3, 0.4) is 0 Å². The highest BCUT2D eigenvalue weighted by Gasteiger charge is 2.21. The van der Waals surface area contributed by atoms with Gasteiger partial charge in [0.2, 0.25) is 0 Å². The highest BCUT2D eigenvalue weighted by molar-refractivity contribution is 6.30. The Bertz CT molecular complexity index is 1150. The van der Waals surface area contributed by atoms with Gasteiger partial charge in [-0.15, -0.1) is 0 Å². The molecule has 1 aliphatic heterocycles. The van der Waals surface area contributed by atoms with Gasteiger partial charge in [0.1, 0.15) is 5.82 Å². The lowest BCUT2D eigenvalue weighted by Gasteiger charge is -2.37. The van der Waals surface area contributed by atoms with E-state index in [-0.39, 0.29) is 0 Å². The van der Waals surface area contributed by atoms with Gasteiger partial charge in [-0.1, -0.05) is 48.0 Å². The van der Waals surface area contributed by atoms with Crippen LogP contribution in [-0.2, 0) is 0 Å². The van der Waals surface area contributed by atoms with Gasteiger partial charge in [0, 0.05) is 60.3 Å². The second kappa shape index (κ2) is 7.41. The van der Waals surface area contributed by atoms with Crippen molar-refractivity contribution < 1.29 is 0 Å². The fraction of sp³-hybridized carbons (Fsp3) is 0.217. The van der Waals surface area contributed by atoms with Crippen LogP contribution in [0.4, 0.5) is 11.5 Å². The van der Waals surface area contributed by atoms with Crippen molar-refractivity contribution in [1.29, 1.82) is 0 Å². The number of anilines is 2. The molecule has 0 aliphatic carbocycles. The largest absolute Gasteiger partial charge is 0.368 e. The molecule has 1 fully saturated rings. The summed E-state index contributed by atoms with van der Waals surface area (Å²) in [6.45, 7) is 5.77. The molecule has 6 heteroatoms. The molecule has 0 spiro atoms. The molecule has 0 amide bonds. The summed E-state index contributed by atoms with van der Waals surface area (Å²) in [6.07, 6.45) is 0. The number of hydrogen-bond donors (Lipinski definition) is 0. The number of halogens is 1. The standard InChI is InChI=1S/C23H22ClN5/c1-17-14-23(28-12-10-27(11-13-28)20-9-5-8-19(24)15-20)29-22(25-17)16-21(26-29)18-6-3-2-4-7-18/h2-9,14-16H,10-13H2,1H3. The summed E-state index contributed by atoms with van der Waals surface area (Å²) in [6, 6.07) is 22.5. The minimum absolute atomic E-state index is 0.779. The third kappa shape index (κ3) is 3.54. The van der Waals surface area contributed by atoms with Gasteiger partial charge in [-0.25, -0.2) is 4.98 Å². The third-order valence-electron chi connectivity index (χ3n) is 5.38. The Hall–Kier alpha value is -3.05. The summed E-state index contributed by atoms with van der Waals surface area (Å²) in [7, 11) is 0. The predicted octanol–water partition coefficient (Wildman–Crippen LogP) is 4.68. The second-order valence-electron chi connectivity index (χ2n) is 7.38. The van der Waals surface area contributed by atoms with E-state index in [9.17, 15) is 0 Å². The maximum absolute atomic E-state index is 6.17. The second-order valence-corrected chi connectivity index (χ2v) is 7.81. The molecule has 0 bridgehead atoms. The fourth-order valence-corrected chi connectivity index (χ4v) is 4.11. The minimum atomic E-state index is 0.779. The van der Waals surface area contributed by atoms with Crippen LogP contribution in [0, 0.1) is 6.92 Å². The van der Waals surface area contributed by atoms with Crippen LogP contribution in [0.2, 0.25) is 5.02 Å². The maximum atomic E-state index is 6.17. The summed E-state index contributed by atoms with van der Waals surface area (Å²) >= 11 is 6.17. The molecule has 146 valence electrons. The smallest absolute Gasteiger partial charge is 0.158 e. The van der Waals surface area contributed by atoms with Crippen molar-refractivity contribution in [2.75, 3.05) is 36.0 Å². The molecule has 5 nitrogen and oxygen atoms in total. The molecule has 0 saturated carbocycles. The summed E-state index contributed by atoms with van der Waals surface area (Å²) in [4.78, 5) is 9.47. The zero-order valence-corrected chi connectivity index (χ0v) is 17.0. The van der Waals surface area contributed by atoms with Gasteiger partial charge in [-0.2, -0.15) is 9.61 Å². The Kier molecular flexibility index (Phi) is 4.60. The van der Waals surface area contributed by atoms with Gasteiger partial charge in [-0.05, 0) is 25.1 Å². The number of nitrogens with zero attached hydrogens (tertiary/aromatic N) is 5. The van der Waals surface area contributed by atoms with Crippen molar-refractivity contribution in [3.8, 4) is 11.3 Å². The lowest BCUT2D eigenvalue weighted by atomic mass is 10.2. The highest BCUT2D eigenvalue weighted by Crippen LogP contribution is 2.26. The van der Waals surface area contributed by atoms with Crippen LogP contribution in [0.5, 0.6) is 0 Å². The van der Waals surface area contributed by atoms with Crippen molar-refractivity contribution in [2.24, 2.45) is 0 Å². The van der Waals surface area contributed by atoms with E-state index in [1.807, 2.05) is 47.8 Å². The number of benzene rings is 2. The van der Waals surface area contributed by atoms with E-state index in [4.69, 9.17) is 21.7 Å². The molecule has 29 heavy (non-hydrogen) atoms.